The lowest BCUT2D eigenvalue weighted by atomic mass is 10.1. The van der Waals surface area contributed by atoms with E-state index < -0.39 is 0 Å². The van der Waals surface area contributed by atoms with E-state index in [0.29, 0.717) is 5.92 Å². The van der Waals surface area contributed by atoms with Crippen molar-refractivity contribution in [3.05, 3.63) is 35.9 Å². The Kier molecular flexibility index (Phi) is 6.86. The Morgan fingerprint density at radius 2 is 1.88 bits per heavy atom. The van der Waals surface area contributed by atoms with Gasteiger partial charge in [-0.25, -0.2) is 0 Å². The molecule has 0 atom stereocenters. The Morgan fingerprint density at radius 1 is 1.12 bits per heavy atom. The maximum atomic E-state index is 5.48. The molecule has 16 heavy (non-hydrogen) atoms. The molecule has 1 rings (SSSR count). The molecule has 0 aliphatic carbocycles. The van der Waals surface area contributed by atoms with Gasteiger partial charge in [-0.2, -0.15) is 0 Å². The number of hydrogen-bond donors (Lipinski definition) is 1. The Hall–Kier alpha value is -0.860. The molecule has 90 valence electrons. The molecule has 1 aromatic rings. The van der Waals surface area contributed by atoms with Gasteiger partial charge in [-0.3, -0.25) is 0 Å². The molecule has 0 spiro atoms. The molecule has 0 radical (unpaired) electrons. The van der Waals surface area contributed by atoms with Crippen LogP contribution in [-0.4, -0.2) is 26.3 Å². The standard InChI is InChI=1S/C14H23NO/c1-13(2)12-16-11-10-15-9-8-14-6-4-3-5-7-14/h3-7,13,15H,8-12H2,1-2H3. The molecule has 0 unspecified atom stereocenters. The molecule has 2 heteroatoms. The molecule has 1 aromatic carbocycles. The molecular formula is C14H23NO. The number of ether oxygens (including phenoxy) is 1. The van der Waals surface area contributed by atoms with Gasteiger partial charge in [-0.05, 0) is 24.4 Å². The van der Waals surface area contributed by atoms with Crippen molar-refractivity contribution < 1.29 is 4.74 Å². The summed E-state index contributed by atoms with van der Waals surface area (Å²) < 4.78 is 5.48. The molecule has 0 amide bonds. The average Bonchev–Trinajstić information content (AvgIpc) is 2.29. The molecule has 0 bridgehead atoms. The summed E-state index contributed by atoms with van der Waals surface area (Å²) in [5, 5.41) is 3.38. The summed E-state index contributed by atoms with van der Waals surface area (Å²) in [7, 11) is 0. The third-order valence-electron chi connectivity index (χ3n) is 2.31. The highest BCUT2D eigenvalue weighted by Crippen LogP contribution is 1.97. The topological polar surface area (TPSA) is 21.3 Å². The van der Waals surface area contributed by atoms with Crippen molar-refractivity contribution in [3.8, 4) is 0 Å². The zero-order valence-corrected chi connectivity index (χ0v) is 10.4. The quantitative estimate of drug-likeness (QED) is 0.681. The molecule has 0 aliphatic rings. The monoisotopic (exact) mass is 221 g/mol. The lowest BCUT2D eigenvalue weighted by molar-refractivity contribution is 0.112. The highest BCUT2D eigenvalue weighted by atomic mass is 16.5. The fraction of sp³-hybridized carbons (Fsp3) is 0.571. The number of nitrogens with one attached hydrogen (secondary N) is 1. The van der Waals surface area contributed by atoms with Gasteiger partial charge < -0.3 is 10.1 Å². The predicted molar refractivity (Wildman–Crippen MR) is 68.7 cm³/mol. The average molecular weight is 221 g/mol. The van der Waals surface area contributed by atoms with Crippen molar-refractivity contribution in [1.82, 2.24) is 5.32 Å². The minimum Gasteiger partial charge on any atom is -0.380 e. The van der Waals surface area contributed by atoms with Gasteiger partial charge in [0.15, 0.2) is 0 Å². The van der Waals surface area contributed by atoms with Crippen LogP contribution in [-0.2, 0) is 11.2 Å². The summed E-state index contributed by atoms with van der Waals surface area (Å²) in [6.07, 6.45) is 1.09. The van der Waals surface area contributed by atoms with Gasteiger partial charge in [0.1, 0.15) is 0 Å². The van der Waals surface area contributed by atoms with Crippen molar-refractivity contribution >= 4 is 0 Å². The van der Waals surface area contributed by atoms with E-state index in [1.54, 1.807) is 0 Å². The lowest BCUT2D eigenvalue weighted by Crippen LogP contribution is -2.22. The van der Waals surface area contributed by atoms with Crippen molar-refractivity contribution in [2.75, 3.05) is 26.3 Å². The number of benzene rings is 1. The number of hydrogen-bond acceptors (Lipinski definition) is 2. The van der Waals surface area contributed by atoms with E-state index in [1.165, 1.54) is 5.56 Å². The molecule has 0 fully saturated rings. The van der Waals surface area contributed by atoms with Gasteiger partial charge in [0.2, 0.25) is 0 Å². The fourth-order valence-corrected chi connectivity index (χ4v) is 1.47. The van der Waals surface area contributed by atoms with Crippen LogP contribution < -0.4 is 5.32 Å². The zero-order valence-electron chi connectivity index (χ0n) is 10.4. The predicted octanol–water partition coefficient (Wildman–Crippen LogP) is 2.49. The van der Waals surface area contributed by atoms with E-state index in [-0.39, 0.29) is 0 Å². The van der Waals surface area contributed by atoms with Crippen LogP contribution in [0.15, 0.2) is 30.3 Å². The Balaban J connectivity index is 1.93. The second kappa shape index (κ2) is 8.31. The maximum Gasteiger partial charge on any atom is 0.0591 e. The molecule has 0 saturated heterocycles. The Labute approximate surface area is 99.0 Å². The van der Waals surface area contributed by atoms with E-state index in [0.717, 1.165) is 32.7 Å². The van der Waals surface area contributed by atoms with Gasteiger partial charge in [0.05, 0.1) is 6.61 Å². The Bertz CT molecular complexity index is 259. The molecule has 0 saturated carbocycles. The first-order valence-corrected chi connectivity index (χ1v) is 6.11. The fourth-order valence-electron chi connectivity index (χ4n) is 1.47. The second-order valence-electron chi connectivity index (χ2n) is 4.45. The summed E-state index contributed by atoms with van der Waals surface area (Å²) in [6, 6.07) is 10.5. The van der Waals surface area contributed by atoms with Crippen LogP contribution in [0.1, 0.15) is 19.4 Å². The van der Waals surface area contributed by atoms with E-state index in [2.05, 4.69) is 49.5 Å². The summed E-state index contributed by atoms with van der Waals surface area (Å²) in [5.74, 6) is 0.629. The highest BCUT2D eigenvalue weighted by Gasteiger charge is 1.94. The lowest BCUT2D eigenvalue weighted by Gasteiger charge is -2.07. The molecule has 0 heterocycles. The van der Waals surface area contributed by atoms with E-state index in [1.807, 2.05) is 0 Å². The first kappa shape index (κ1) is 13.2. The van der Waals surface area contributed by atoms with Gasteiger partial charge in [-0.15, -0.1) is 0 Å². The minimum absolute atomic E-state index is 0.629. The zero-order chi connectivity index (χ0) is 11.6. The van der Waals surface area contributed by atoms with Gasteiger partial charge in [0, 0.05) is 13.2 Å². The van der Waals surface area contributed by atoms with E-state index in [9.17, 15) is 0 Å². The van der Waals surface area contributed by atoms with Crippen LogP contribution in [0.2, 0.25) is 0 Å². The van der Waals surface area contributed by atoms with Crippen molar-refractivity contribution in [2.24, 2.45) is 5.92 Å². The summed E-state index contributed by atoms with van der Waals surface area (Å²) >= 11 is 0. The van der Waals surface area contributed by atoms with Gasteiger partial charge in [0.25, 0.3) is 0 Å². The summed E-state index contributed by atoms with van der Waals surface area (Å²) in [4.78, 5) is 0. The van der Waals surface area contributed by atoms with E-state index >= 15 is 0 Å². The van der Waals surface area contributed by atoms with Crippen LogP contribution in [0, 0.1) is 5.92 Å². The second-order valence-corrected chi connectivity index (χ2v) is 4.45. The molecular weight excluding hydrogens is 198 g/mol. The Morgan fingerprint density at radius 3 is 2.56 bits per heavy atom. The third kappa shape index (κ3) is 6.59. The van der Waals surface area contributed by atoms with Gasteiger partial charge >= 0.3 is 0 Å². The molecule has 1 N–H and O–H groups in total. The largest absolute Gasteiger partial charge is 0.380 e. The maximum absolute atomic E-state index is 5.48. The molecule has 0 aromatic heterocycles. The number of rotatable bonds is 8. The normalized spacial score (nSPS) is 10.9. The van der Waals surface area contributed by atoms with E-state index in [4.69, 9.17) is 4.74 Å². The smallest absolute Gasteiger partial charge is 0.0591 e. The van der Waals surface area contributed by atoms with Crippen LogP contribution in [0.3, 0.4) is 0 Å². The van der Waals surface area contributed by atoms with Gasteiger partial charge in [-0.1, -0.05) is 44.2 Å². The van der Waals surface area contributed by atoms with Crippen molar-refractivity contribution in [1.29, 1.82) is 0 Å². The third-order valence-corrected chi connectivity index (χ3v) is 2.31. The first-order valence-electron chi connectivity index (χ1n) is 6.11. The van der Waals surface area contributed by atoms with Crippen molar-refractivity contribution in [2.45, 2.75) is 20.3 Å². The highest BCUT2D eigenvalue weighted by molar-refractivity contribution is 5.14. The first-order chi connectivity index (χ1) is 7.79. The summed E-state index contributed by atoms with van der Waals surface area (Å²) in [6.45, 7) is 7.98. The van der Waals surface area contributed by atoms with Crippen LogP contribution in [0.4, 0.5) is 0 Å². The van der Waals surface area contributed by atoms with Crippen LogP contribution in [0.5, 0.6) is 0 Å². The van der Waals surface area contributed by atoms with Crippen LogP contribution in [0.25, 0.3) is 0 Å². The molecule has 0 aliphatic heterocycles. The van der Waals surface area contributed by atoms with Crippen molar-refractivity contribution in [3.63, 3.8) is 0 Å². The SMILES string of the molecule is CC(C)COCCNCCc1ccccc1. The molecule has 2 nitrogen and oxygen atoms in total. The van der Waals surface area contributed by atoms with Crippen LogP contribution >= 0.6 is 0 Å². The minimum atomic E-state index is 0.629. The summed E-state index contributed by atoms with van der Waals surface area (Å²) in [5.41, 5.74) is 1.39.